The van der Waals surface area contributed by atoms with Crippen molar-refractivity contribution >= 4 is 18.3 Å². The van der Waals surface area contributed by atoms with Gasteiger partial charge in [0.15, 0.2) is 0 Å². The molecule has 0 saturated carbocycles. The van der Waals surface area contributed by atoms with Gasteiger partial charge in [0.05, 0.1) is 14.2 Å². The van der Waals surface area contributed by atoms with Crippen molar-refractivity contribution in [3.8, 4) is 11.5 Å². The summed E-state index contributed by atoms with van der Waals surface area (Å²) in [6.45, 7) is 2.40. The zero-order valence-corrected chi connectivity index (χ0v) is 13.9. The van der Waals surface area contributed by atoms with Crippen LogP contribution >= 0.6 is 12.4 Å². The molecule has 0 radical (unpaired) electrons. The van der Waals surface area contributed by atoms with E-state index in [2.05, 4.69) is 0 Å². The lowest BCUT2D eigenvalue weighted by Crippen LogP contribution is -2.39. The number of hydrogen-bond acceptors (Lipinski definition) is 4. The van der Waals surface area contributed by atoms with E-state index < -0.39 is 0 Å². The first-order valence-corrected chi connectivity index (χ1v) is 6.69. The lowest BCUT2D eigenvalue weighted by Gasteiger charge is -2.23. The zero-order valence-electron chi connectivity index (χ0n) is 13.1. The van der Waals surface area contributed by atoms with Crippen LogP contribution in [-0.2, 0) is 11.2 Å². The molecule has 0 bridgehead atoms. The number of halogens is 1. The molecule has 0 heterocycles. The fraction of sp³-hybridized carbons (Fsp3) is 0.533. The highest BCUT2D eigenvalue weighted by atomic mass is 35.5. The summed E-state index contributed by atoms with van der Waals surface area (Å²) in [6.07, 6.45) is 1.09. The van der Waals surface area contributed by atoms with Gasteiger partial charge in [0, 0.05) is 32.1 Å². The van der Waals surface area contributed by atoms with Gasteiger partial charge in [-0.25, -0.2) is 0 Å². The number of hydrogen-bond donors (Lipinski definition) is 1. The Morgan fingerprint density at radius 2 is 1.76 bits per heavy atom. The molecule has 1 aromatic rings. The maximum Gasteiger partial charge on any atom is 0.222 e. The third-order valence-corrected chi connectivity index (χ3v) is 3.43. The number of aryl methyl sites for hydroxylation is 1. The molecule has 120 valence electrons. The van der Waals surface area contributed by atoms with E-state index in [9.17, 15) is 4.79 Å². The summed E-state index contributed by atoms with van der Waals surface area (Å²) < 4.78 is 10.4. The van der Waals surface area contributed by atoms with Crippen LogP contribution in [0.4, 0.5) is 0 Å². The maximum absolute atomic E-state index is 12.0. The van der Waals surface area contributed by atoms with Crippen LogP contribution in [0.1, 0.15) is 18.9 Å². The highest BCUT2D eigenvalue weighted by Gasteiger charge is 2.14. The van der Waals surface area contributed by atoms with E-state index in [4.69, 9.17) is 15.2 Å². The number of benzene rings is 1. The fourth-order valence-electron chi connectivity index (χ4n) is 1.84. The maximum atomic E-state index is 12.0. The van der Waals surface area contributed by atoms with Gasteiger partial charge in [0.1, 0.15) is 11.5 Å². The Morgan fingerprint density at radius 1 is 1.24 bits per heavy atom. The van der Waals surface area contributed by atoms with Crippen molar-refractivity contribution in [1.82, 2.24) is 4.90 Å². The van der Waals surface area contributed by atoms with Crippen molar-refractivity contribution in [1.29, 1.82) is 0 Å². The number of rotatable bonds is 7. The van der Waals surface area contributed by atoms with Gasteiger partial charge in [0.2, 0.25) is 5.91 Å². The second-order valence-electron chi connectivity index (χ2n) is 4.81. The second-order valence-corrected chi connectivity index (χ2v) is 4.81. The summed E-state index contributed by atoms with van der Waals surface area (Å²) in [7, 11) is 5.01. The first-order chi connectivity index (χ1) is 9.51. The quantitative estimate of drug-likeness (QED) is 0.834. The van der Waals surface area contributed by atoms with E-state index in [1.165, 1.54) is 0 Å². The Morgan fingerprint density at radius 3 is 2.19 bits per heavy atom. The van der Waals surface area contributed by atoms with Gasteiger partial charge < -0.3 is 20.1 Å². The molecule has 1 unspecified atom stereocenters. The Hall–Kier alpha value is -1.46. The zero-order chi connectivity index (χ0) is 15.1. The standard InChI is InChI=1S/C15H24N2O3.ClH/c1-11(10-16)17(2)15(18)6-5-12-7-13(19-3)9-14(8-12)20-4;/h7-9,11H,5-6,10,16H2,1-4H3;1H. The predicted molar refractivity (Wildman–Crippen MR) is 86.4 cm³/mol. The number of nitrogens with two attached hydrogens (primary N) is 1. The molecule has 1 rings (SSSR count). The Bertz CT molecular complexity index is 432. The first-order valence-electron chi connectivity index (χ1n) is 6.69. The highest BCUT2D eigenvalue weighted by molar-refractivity contribution is 5.85. The molecule has 1 amide bonds. The SMILES string of the molecule is COc1cc(CCC(=O)N(C)C(C)CN)cc(OC)c1.Cl. The number of carbonyl (C=O) groups excluding carboxylic acids is 1. The third kappa shape index (κ3) is 5.81. The normalized spacial score (nSPS) is 11.3. The molecule has 5 nitrogen and oxygen atoms in total. The molecule has 2 N–H and O–H groups in total. The number of amides is 1. The summed E-state index contributed by atoms with van der Waals surface area (Å²) in [6, 6.07) is 5.71. The topological polar surface area (TPSA) is 64.8 Å². The van der Waals surface area contributed by atoms with Crippen molar-refractivity contribution in [2.24, 2.45) is 5.73 Å². The minimum Gasteiger partial charge on any atom is -0.497 e. The Kier molecular flexibility index (Phi) is 8.81. The van der Waals surface area contributed by atoms with Gasteiger partial charge >= 0.3 is 0 Å². The molecule has 0 fully saturated rings. The molecule has 6 heteroatoms. The summed E-state index contributed by atoms with van der Waals surface area (Å²) in [5.41, 5.74) is 6.58. The third-order valence-electron chi connectivity index (χ3n) is 3.43. The van der Waals surface area contributed by atoms with Gasteiger partial charge in [0.25, 0.3) is 0 Å². The van der Waals surface area contributed by atoms with E-state index in [0.717, 1.165) is 17.1 Å². The van der Waals surface area contributed by atoms with E-state index in [1.807, 2.05) is 25.1 Å². The van der Waals surface area contributed by atoms with Gasteiger partial charge in [-0.1, -0.05) is 0 Å². The molecule has 1 aromatic carbocycles. The predicted octanol–water partition coefficient (Wildman–Crippen LogP) is 1.86. The molecule has 0 aliphatic heterocycles. The van der Waals surface area contributed by atoms with Gasteiger partial charge in [-0.05, 0) is 31.0 Å². The van der Waals surface area contributed by atoms with Crippen molar-refractivity contribution in [3.05, 3.63) is 23.8 Å². The first kappa shape index (κ1) is 19.5. The van der Waals surface area contributed by atoms with E-state index in [0.29, 0.717) is 19.4 Å². The summed E-state index contributed by atoms with van der Waals surface area (Å²) in [5.74, 6) is 1.55. The van der Waals surface area contributed by atoms with Crippen LogP contribution in [0.3, 0.4) is 0 Å². The summed E-state index contributed by atoms with van der Waals surface area (Å²) >= 11 is 0. The largest absolute Gasteiger partial charge is 0.497 e. The summed E-state index contributed by atoms with van der Waals surface area (Å²) in [5, 5.41) is 0. The van der Waals surface area contributed by atoms with Crippen LogP contribution in [-0.4, -0.2) is 44.7 Å². The average molecular weight is 317 g/mol. The monoisotopic (exact) mass is 316 g/mol. The molecule has 21 heavy (non-hydrogen) atoms. The Labute approximate surface area is 132 Å². The average Bonchev–Trinajstić information content (AvgIpc) is 2.50. The fourth-order valence-corrected chi connectivity index (χ4v) is 1.84. The van der Waals surface area contributed by atoms with Crippen LogP contribution in [0.5, 0.6) is 11.5 Å². The number of ether oxygens (including phenoxy) is 2. The highest BCUT2D eigenvalue weighted by Crippen LogP contribution is 2.23. The smallest absolute Gasteiger partial charge is 0.222 e. The van der Waals surface area contributed by atoms with E-state index in [1.54, 1.807) is 26.2 Å². The van der Waals surface area contributed by atoms with Crippen LogP contribution in [0.25, 0.3) is 0 Å². The molecule has 0 aromatic heterocycles. The second kappa shape index (κ2) is 9.47. The minimum absolute atomic E-state index is 0. The number of methoxy groups -OCH3 is 2. The van der Waals surface area contributed by atoms with Crippen molar-refractivity contribution in [3.63, 3.8) is 0 Å². The van der Waals surface area contributed by atoms with Crippen LogP contribution < -0.4 is 15.2 Å². The number of nitrogens with zero attached hydrogens (tertiary/aromatic N) is 1. The molecular formula is C15H25ClN2O3. The lowest BCUT2D eigenvalue weighted by molar-refractivity contribution is -0.131. The van der Waals surface area contributed by atoms with E-state index in [-0.39, 0.29) is 24.4 Å². The van der Waals surface area contributed by atoms with Crippen LogP contribution in [0, 0.1) is 0 Å². The van der Waals surface area contributed by atoms with Crippen LogP contribution in [0.15, 0.2) is 18.2 Å². The van der Waals surface area contributed by atoms with Crippen LogP contribution in [0.2, 0.25) is 0 Å². The molecule has 0 spiro atoms. The molecule has 0 aliphatic rings. The lowest BCUT2D eigenvalue weighted by atomic mass is 10.1. The number of carbonyl (C=O) groups is 1. The van der Waals surface area contributed by atoms with Gasteiger partial charge in [-0.3, -0.25) is 4.79 Å². The van der Waals surface area contributed by atoms with Crippen molar-refractivity contribution in [2.45, 2.75) is 25.8 Å². The van der Waals surface area contributed by atoms with Gasteiger partial charge in [-0.2, -0.15) is 0 Å². The van der Waals surface area contributed by atoms with Gasteiger partial charge in [-0.15, -0.1) is 12.4 Å². The molecular weight excluding hydrogens is 292 g/mol. The van der Waals surface area contributed by atoms with Crippen molar-refractivity contribution < 1.29 is 14.3 Å². The van der Waals surface area contributed by atoms with Crippen molar-refractivity contribution in [2.75, 3.05) is 27.8 Å². The molecule has 0 saturated heterocycles. The molecule has 0 aliphatic carbocycles. The minimum atomic E-state index is 0. The van der Waals surface area contributed by atoms with E-state index >= 15 is 0 Å². The summed E-state index contributed by atoms with van der Waals surface area (Å²) in [4.78, 5) is 13.7. The number of likely N-dealkylation sites (N-methyl/N-ethyl adjacent to an activating group) is 1. The molecule has 1 atom stereocenters. The Balaban J connectivity index is 0.00000400.